The van der Waals surface area contributed by atoms with Crippen LogP contribution in [0.3, 0.4) is 0 Å². The second-order valence-electron chi connectivity index (χ2n) is 7.20. The van der Waals surface area contributed by atoms with Gasteiger partial charge in [-0.1, -0.05) is 0 Å². The van der Waals surface area contributed by atoms with Gasteiger partial charge < -0.3 is 14.2 Å². The van der Waals surface area contributed by atoms with Gasteiger partial charge in [0.1, 0.15) is 17.9 Å². The van der Waals surface area contributed by atoms with E-state index in [9.17, 15) is 4.79 Å². The molecule has 8 heteroatoms. The van der Waals surface area contributed by atoms with Gasteiger partial charge in [0.25, 0.3) is 5.91 Å². The van der Waals surface area contributed by atoms with E-state index in [1.165, 1.54) is 6.33 Å². The Balaban J connectivity index is 1.84. The van der Waals surface area contributed by atoms with Gasteiger partial charge >= 0.3 is 0 Å². The van der Waals surface area contributed by atoms with Crippen molar-refractivity contribution in [3.8, 4) is 0 Å². The number of hydrogen-bond donors (Lipinski definition) is 0. The van der Waals surface area contributed by atoms with E-state index in [1.54, 1.807) is 35.9 Å². The molecule has 0 aromatic carbocycles. The largest absolute Gasteiger partial charge is 0.442 e. The first-order valence-electron chi connectivity index (χ1n) is 8.56. The van der Waals surface area contributed by atoms with Crippen molar-refractivity contribution in [1.29, 1.82) is 0 Å². The maximum Gasteiger partial charge on any atom is 0.262 e. The zero-order valence-electron chi connectivity index (χ0n) is 15.6. The van der Waals surface area contributed by atoms with Gasteiger partial charge in [0.15, 0.2) is 0 Å². The number of anilines is 2. The zero-order valence-corrected chi connectivity index (χ0v) is 15.6. The van der Waals surface area contributed by atoms with Crippen LogP contribution >= 0.6 is 0 Å². The fraction of sp³-hybridized carbons (Fsp3) is 0.444. The predicted octanol–water partition coefficient (Wildman–Crippen LogP) is 2.53. The van der Waals surface area contributed by atoms with Gasteiger partial charge in [0.2, 0.25) is 5.71 Å². The lowest BCUT2D eigenvalue weighted by Crippen LogP contribution is -2.32. The molecule has 8 nitrogen and oxygen atoms in total. The summed E-state index contributed by atoms with van der Waals surface area (Å²) in [6.45, 7) is 3.98. The topological polar surface area (TPSA) is 80.3 Å². The maximum absolute atomic E-state index is 13.2. The van der Waals surface area contributed by atoms with E-state index < -0.39 is 0 Å². The summed E-state index contributed by atoms with van der Waals surface area (Å²) >= 11 is 0. The molecule has 0 spiro atoms. The van der Waals surface area contributed by atoms with Crippen LogP contribution in [0, 0.1) is 6.92 Å². The number of hydrogen-bond acceptors (Lipinski definition) is 6. The van der Waals surface area contributed by atoms with Crippen molar-refractivity contribution in [2.45, 2.75) is 32.2 Å². The van der Waals surface area contributed by atoms with Crippen molar-refractivity contribution in [1.82, 2.24) is 19.7 Å². The number of amides is 1. The van der Waals surface area contributed by atoms with Crippen molar-refractivity contribution in [3.05, 3.63) is 30.0 Å². The predicted molar refractivity (Wildman–Crippen MR) is 98.5 cm³/mol. The minimum Gasteiger partial charge on any atom is -0.442 e. The standard InChI is InChI=1S/C18H22N6O2/c1-11-13(17(25)23(4)12-8-21-22(3)9-12)14-15(19-10-20-16(14)26-11)24(5)18(2)6-7-18/h8-10H,6-7H2,1-5H3. The highest BCUT2D eigenvalue weighted by atomic mass is 16.3. The number of carbonyl (C=O) groups is 1. The molecule has 1 aliphatic rings. The van der Waals surface area contributed by atoms with Gasteiger partial charge in [-0.2, -0.15) is 5.10 Å². The Bertz CT molecular complexity index is 1000. The monoisotopic (exact) mass is 354 g/mol. The Morgan fingerprint density at radius 1 is 1.31 bits per heavy atom. The molecule has 1 fully saturated rings. The van der Waals surface area contributed by atoms with Crippen LogP contribution < -0.4 is 9.80 Å². The first-order valence-corrected chi connectivity index (χ1v) is 8.56. The van der Waals surface area contributed by atoms with E-state index in [1.807, 2.05) is 14.1 Å². The van der Waals surface area contributed by atoms with E-state index in [0.29, 0.717) is 28.1 Å². The summed E-state index contributed by atoms with van der Waals surface area (Å²) in [7, 11) is 5.56. The summed E-state index contributed by atoms with van der Waals surface area (Å²) in [4.78, 5) is 25.7. The lowest BCUT2D eigenvalue weighted by molar-refractivity contribution is 0.0993. The SMILES string of the molecule is Cc1oc2ncnc(N(C)C3(C)CC3)c2c1C(=O)N(C)c1cnn(C)c1. The van der Waals surface area contributed by atoms with Crippen molar-refractivity contribution in [2.75, 3.05) is 23.9 Å². The number of carbonyl (C=O) groups excluding carboxylic acids is 1. The second kappa shape index (κ2) is 5.55. The zero-order chi connectivity index (χ0) is 18.6. The van der Waals surface area contributed by atoms with Crippen LogP contribution in [0.15, 0.2) is 23.1 Å². The first-order chi connectivity index (χ1) is 12.3. The van der Waals surface area contributed by atoms with E-state index >= 15 is 0 Å². The molecule has 0 radical (unpaired) electrons. The molecular formula is C18H22N6O2. The van der Waals surface area contributed by atoms with E-state index in [2.05, 4.69) is 26.9 Å². The quantitative estimate of drug-likeness (QED) is 0.716. The molecule has 4 rings (SSSR count). The number of fused-ring (bicyclic) bond motifs is 1. The molecule has 0 aliphatic heterocycles. The lowest BCUT2D eigenvalue weighted by Gasteiger charge is -2.26. The van der Waals surface area contributed by atoms with Crippen LogP contribution in [0.4, 0.5) is 11.5 Å². The normalized spacial score (nSPS) is 15.3. The molecule has 0 saturated heterocycles. The van der Waals surface area contributed by atoms with E-state index in [-0.39, 0.29) is 11.4 Å². The minimum absolute atomic E-state index is 0.0715. The van der Waals surface area contributed by atoms with Gasteiger partial charge in [0.05, 0.1) is 22.8 Å². The molecule has 3 aromatic heterocycles. The Morgan fingerprint density at radius 2 is 2.04 bits per heavy atom. The van der Waals surface area contributed by atoms with E-state index in [0.717, 1.165) is 18.7 Å². The summed E-state index contributed by atoms with van der Waals surface area (Å²) in [5.74, 6) is 1.10. The Hall–Kier alpha value is -2.90. The van der Waals surface area contributed by atoms with Crippen LogP contribution in [0.2, 0.25) is 0 Å². The van der Waals surface area contributed by atoms with Crippen molar-refractivity contribution in [2.24, 2.45) is 7.05 Å². The van der Waals surface area contributed by atoms with Crippen molar-refractivity contribution < 1.29 is 9.21 Å². The van der Waals surface area contributed by atoms with Crippen LogP contribution in [0.25, 0.3) is 11.1 Å². The third kappa shape index (κ3) is 2.44. The molecule has 3 heterocycles. The highest BCUT2D eigenvalue weighted by Crippen LogP contribution is 2.44. The van der Waals surface area contributed by atoms with Gasteiger partial charge in [-0.15, -0.1) is 0 Å². The number of nitrogens with zero attached hydrogens (tertiary/aromatic N) is 6. The van der Waals surface area contributed by atoms with Gasteiger partial charge in [0, 0.05) is 32.9 Å². The molecule has 0 N–H and O–H groups in total. The summed E-state index contributed by atoms with van der Waals surface area (Å²) in [6.07, 6.45) is 7.14. The van der Waals surface area contributed by atoms with Crippen LogP contribution in [-0.4, -0.2) is 45.3 Å². The molecule has 1 amide bonds. The average molecular weight is 354 g/mol. The van der Waals surface area contributed by atoms with Crippen LogP contribution in [0.5, 0.6) is 0 Å². The lowest BCUT2D eigenvalue weighted by atomic mass is 10.1. The van der Waals surface area contributed by atoms with E-state index in [4.69, 9.17) is 4.42 Å². The molecule has 3 aromatic rings. The number of furan rings is 1. The molecule has 1 aliphatic carbocycles. The summed E-state index contributed by atoms with van der Waals surface area (Å²) in [5.41, 5.74) is 1.72. The summed E-state index contributed by atoms with van der Waals surface area (Å²) in [6, 6.07) is 0. The molecule has 1 saturated carbocycles. The van der Waals surface area contributed by atoms with Gasteiger partial charge in [-0.05, 0) is 26.7 Å². The fourth-order valence-electron chi connectivity index (χ4n) is 3.18. The van der Waals surface area contributed by atoms with Crippen LogP contribution in [0.1, 0.15) is 35.9 Å². The smallest absolute Gasteiger partial charge is 0.262 e. The molecule has 0 unspecified atom stereocenters. The third-order valence-corrected chi connectivity index (χ3v) is 5.34. The summed E-state index contributed by atoms with van der Waals surface area (Å²) < 4.78 is 7.45. The molecule has 0 atom stereocenters. The Labute approximate surface area is 151 Å². The maximum atomic E-state index is 13.2. The van der Waals surface area contributed by atoms with Gasteiger partial charge in [-0.3, -0.25) is 9.48 Å². The molecule has 0 bridgehead atoms. The summed E-state index contributed by atoms with van der Waals surface area (Å²) in [5, 5.41) is 4.81. The number of aromatic nitrogens is 4. The van der Waals surface area contributed by atoms with Crippen molar-refractivity contribution >= 4 is 28.5 Å². The van der Waals surface area contributed by atoms with Crippen molar-refractivity contribution in [3.63, 3.8) is 0 Å². The number of aryl methyl sites for hydroxylation is 2. The Morgan fingerprint density at radius 3 is 2.65 bits per heavy atom. The van der Waals surface area contributed by atoms with Crippen LogP contribution in [-0.2, 0) is 7.05 Å². The molecular weight excluding hydrogens is 332 g/mol. The minimum atomic E-state index is -0.167. The second-order valence-corrected chi connectivity index (χ2v) is 7.20. The third-order valence-electron chi connectivity index (χ3n) is 5.34. The highest BCUT2D eigenvalue weighted by molar-refractivity contribution is 6.16. The Kier molecular flexibility index (Phi) is 3.54. The average Bonchev–Trinajstić information content (AvgIpc) is 3.07. The highest BCUT2D eigenvalue weighted by Gasteiger charge is 2.43. The molecule has 136 valence electrons. The number of rotatable bonds is 4. The van der Waals surface area contributed by atoms with Gasteiger partial charge in [-0.25, -0.2) is 9.97 Å². The fourth-order valence-corrected chi connectivity index (χ4v) is 3.18. The first kappa shape index (κ1) is 16.6. The molecule has 26 heavy (non-hydrogen) atoms.